The molecule has 0 radical (unpaired) electrons. The van der Waals surface area contributed by atoms with E-state index in [1.54, 1.807) is 12.1 Å². The van der Waals surface area contributed by atoms with E-state index in [1.165, 1.54) is 12.1 Å². The number of rotatable bonds is 7. The van der Waals surface area contributed by atoms with Crippen LogP contribution in [0, 0.1) is 17.2 Å². The fraction of sp³-hybridized carbons (Fsp3) is 0.516. The fourth-order valence-electron chi connectivity index (χ4n) is 7.12. The van der Waals surface area contributed by atoms with Gasteiger partial charge in [-0.1, -0.05) is 30.3 Å². The predicted octanol–water partition coefficient (Wildman–Crippen LogP) is 3.54. The van der Waals surface area contributed by atoms with Gasteiger partial charge < -0.3 is 20.9 Å². The number of likely N-dealkylation sites (tertiary alicyclic amines) is 1. The molecule has 1 saturated heterocycles. The van der Waals surface area contributed by atoms with Crippen LogP contribution in [0.3, 0.4) is 0 Å². The lowest BCUT2D eigenvalue weighted by atomic mass is 9.69. The molecule has 0 spiro atoms. The van der Waals surface area contributed by atoms with Crippen molar-refractivity contribution >= 4 is 23.4 Å². The first-order chi connectivity index (χ1) is 18.6. The van der Waals surface area contributed by atoms with Crippen LogP contribution >= 0.6 is 0 Å². The third-order valence-electron chi connectivity index (χ3n) is 9.47. The number of primary amides is 1. The van der Waals surface area contributed by atoms with E-state index >= 15 is 0 Å². The number of piperidine rings is 1. The van der Waals surface area contributed by atoms with Crippen LogP contribution in [0.15, 0.2) is 48.5 Å². The van der Waals surface area contributed by atoms with Crippen LogP contribution in [0.2, 0.25) is 0 Å². The van der Waals surface area contributed by atoms with Gasteiger partial charge >= 0.3 is 0 Å². The standard InChI is InChI=1S/C31H39FN4O3/c1-30(2)24-9-4-5-10-26(24)36(29(30)39)23-12-15-35(16-13-23)27(37)25(18-20-7-6-8-21(32)17-20)31(28(33)38)14-11-22(19-31)34-3/h4-10,17,22-23,25,34H,11-16,18-19H2,1-3H3,(H2,33,38)/t22?,25-,31?/m1/s1. The van der Waals surface area contributed by atoms with Crippen molar-refractivity contribution < 1.29 is 18.8 Å². The van der Waals surface area contributed by atoms with Crippen LogP contribution in [-0.2, 0) is 26.2 Å². The van der Waals surface area contributed by atoms with Gasteiger partial charge in [-0.2, -0.15) is 0 Å². The van der Waals surface area contributed by atoms with Crippen molar-refractivity contribution in [2.45, 2.75) is 69.9 Å². The molecule has 2 aliphatic heterocycles. The number of amides is 3. The van der Waals surface area contributed by atoms with Crippen molar-refractivity contribution in [3.63, 3.8) is 0 Å². The summed E-state index contributed by atoms with van der Waals surface area (Å²) >= 11 is 0. The molecule has 2 fully saturated rings. The van der Waals surface area contributed by atoms with E-state index < -0.39 is 22.7 Å². The molecule has 3 amide bonds. The van der Waals surface area contributed by atoms with Crippen LogP contribution in [0.25, 0.3) is 0 Å². The van der Waals surface area contributed by atoms with E-state index in [9.17, 15) is 18.8 Å². The van der Waals surface area contributed by atoms with E-state index in [0.29, 0.717) is 44.3 Å². The predicted molar refractivity (Wildman–Crippen MR) is 148 cm³/mol. The zero-order valence-electron chi connectivity index (χ0n) is 23.1. The van der Waals surface area contributed by atoms with E-state index in [-0.39, 0.29) is 36.1 Å². The summed E-state index contributed by atoms with van der Waals surface area (Å²) in [5, 5.41) is 3.25. The van der Waals surface area contributed by atoms with Gasteiger partial charge in [0.25, 0.3) is 0 Å². The summed E-state index contributed by atoms with van der Waals surface area (Å²) in [5.74, 6) is -1.53. The van der Waals surface area contributed by atoms with E-state index in [2.05, 4.69) is 5.32 Å². The Morgan fingerprint density at radius 2 is 1.82 bits per heavy atom. The number of para-hydroxylation sites is 1. The number of anilines is 1. The molecule has 1 aliphatic carbocycles. The fourth-order valence-corrected chi connectivity index (χ4v) is 7.12. The quantitative estimate of drug-likeness (QED) is 0.568. The molecule has 0 aromatic heterocycles. The molecule has 8 heteroatoms. The van der Waals surface area contributed by atoms with Crippen LogP contribution in [-0.4, -0.2) is 54.8 Å². The lowest BCUT2D eigenvalue weighted by molar-refractivity contribution is -0.148. The summed E-state index contributed by atoms with van der Waals surface area (Å²) in [6.07, 6.45) is 3.30. The summed E-state index contributed by atoms with van der Waals surface area (Å²) in [4.78, 5) is 44.4. The topological polar surface area (TPSA) is 95.7 Å². The SMILES string of the molecule is CNC1CCC(C(N)=O)([C@H](Cc2cccc(F)c2)C(=O)N2CCC(N3C(=O)C(C)(C)c4ccccc43)CC2)C1. The second-order valence-electron chi connectivity index (χ2n) is 12.0. The molecule has 3 aliphatic rings. The molecule has 3 atom stereocenters. The van der Waals surface area contributed by atoms with Gasteiger partial charge in [0, 0.05) is 30.9 Å². The zero-order valence-corrected chi connectivity index (χ0v) is 23.1. The minimum absolute atomic E-state index is 0.00334. The number of nitrogens with one attached hydrogen (secondary N) is 1. The Morgan fingerprint density at radius 1 is 1.10 bits per heavy atom. The molecule has 2 aromatic carbocycles. The lowest BCUT2D eigenvalue weighted by Crippen LogP contribution is -2.54. The molecular weight excluding hydrogens is 495 g/mol. The second kappa shape index (κ2) is 10.4. The molecule has 7 nitrogen and oxygen atoms in total. The van der Waals surface area contributed by atoms with E-state index in [0.717, 1.165) is 17.7 Å². The molecule has 1 saturated carbocycles. The summed E-state index contributed by atoms with van der Waals surface area (Å²) < 4.78 is 14.1. The largest absolute Gasteiger partial charge is 0.369 e. The summed E-state index contributed by atoms with van der Waals surface area (Å²) in [6, 6.07) is 14.3. The van der Waals surface area contributed by atoms with Crippen LogP contribution in [0.1, 0.15) is 57.1 Å². The Morgan fingerprint density at radius 3 is 2.46 bits per heavy atom. The number of benzene rings is 2. The Kier molecular flexibility index (Phi) is 7.27. The maximum atomic E-state index is 14.2. The average molecular weight is 535 g/mol. The molecule has 2 unspecified atom stereocenters. The molecule has 39 heavy (non-hydrogen) atoms. The third kappa shape index (κ3) is 4.73. The van der Waals surface area contributed by atoms with Crippen molar-refractivity contribution in [2.24, 2.45) is 17.1 Å². The first-order valence-corrected chi connectivity index (χ1v) is 14.0. The number of halogens is 1. The normalized spacial score (nSPS) is 25.5. The lowest BCUT2D eigenvalue weighted by Gasteiger charge is -2.42. The number of hydrogen-bond donors (Lipinski definition) is 2. The highest BCUT2D eigenvalue weighted by atomic mass is 19.1. The molecule has 3 N–H and O–H groups in total. The first-order valence-electron chi connectivity index (χ1n) is 14.0. The summed E-state index contributed by atoms with van der Waals surface area (Å²) in [6.45, 7) is 4.90. The number of carbonyl (C=O) groups excluding carboxylic acids is 3. The van der Waals surface area contributed by atoms with Crippen molar-refractivity contribution in [3.8, 4) is 0 Å². The van der Waals surface area contributed by atoms with E-state index in [4.69, 9.17) is 5.73 Å². The highest BCUT2D eigenvalue weighted by Gasteiger charge is 2.53. The Bertz CT molecular complexity index is 1270. The highest BCUT2D eigenvalue weighted by Crippen LogP contribution is 2.47. The van der Waals surface area contributed by atoms with Gasteiger partial charge in [0.2, 0.25) is 17.7 Å². The van der Waals surface area contributed by atoms with Gasteiger partial charge in [0.15, 0.2) is 0 Å². The molecule has 2 heterocycles. The van der Waals surface area contributed by atoms with Gasteiger partial charge in [-0.05, 0) is 88.7 Å². The molecule has 208 valence electrons. The maximum Gasteiger partial charge on any atom is 0.237 e. The smallest absolute Gasteiger partial charge is 0.237 e. The average Bonchev–Trinajstić information content (AvgIpc) is 3.45. The number of nitrogens with two attached hydrogens (primary N) is 1. The summed E-state index contributed by atoms with van der Waals surface area (Å²) in [5.41, 5.74) is 7.12. The Labute approximate surface area is 229 Å². The van der Waals surface area contributed by atoms with Gasteiger partial charge in [-0.3, -0.25) is 14.4 Å². The van der Waals surface area contributed by atoms with Crippen LogP contribution in [0.4, 0.5) is 10.1 Å². The number of hydrogen-bond acceptors (Lipinski definition) is 4. The van der Waals surface area contributed by atoms with Gasteiger partial charge in [0.05, 0.1) is 16.7 Å². The maximum absolute atomic E-state index is 14.2. The van der Waals surface area contributed by atoms with Crippen molar-refractivity contribution in [1.29, 1.82) is 0 Å². The van der Waals surface area contributed by atoms with Crippen molar-refractivity contribution in [3.05, 3.63) is 65.5 Å². The zero-order chi connectivity index (χ0) is 27.9. The van der Waals surface area contributed by atoms with Crippen molar-refractivity contribution in [2.75, 3.05) is 25.0 Å². The second-order valence-corrected chi connectivity index (χ2v) is 12.0. The number of fused-ring (bicyclic) bond motifs is 1. The van der Waals surface area contributed by atoms with Crippen LogP contribution < -0.4 is 16.0 Å². The minimum Gasteiger partial charge on any atom is -0.369 e. The van der Waals surface area contributed by atoms with E-state index in [1.807, 2.05) is 55.0 Å². The monoisotopic (exact) mass is 534 g/mol. The van der Waals surface area contributed by atoms with Gasteiger partial charge in [-0.15, -0.1) is 0 Å². The molecule has 2 aromatic rings. The molecule has 0 bridgehead atoms. The number of carbonyl (C=O) groups is 3. The van der Waals surface area contributed by atoms with Crippen LogP contribution in [0.5, 0.6) is 0 Å². The Balaban J connectivity index is 1.38. The number of nitrogens with zero attached hydrogens (tertiary/aromatic N) is 2. The van der Waals surface area contributed by atoms with Gasteiger partial charge in [0.1, 0.15) is 5.82 Å². The molecule has 5 rings (SSSR count). The molecular formula is C31H39FN4O3. The van der Waals surface area contributed by atoms with Gasteiger partial charge in [-0.25, -0.2) is 4.39 Å². The Hall–Kier alpha value is -3.26. The highest BCUT2D eigenvalue weighted by molar-refractivity contribution is 6.08. The first kappa shape index (κ1) is 27.3. The summed E-state index contributed by atoms with van der Waals surface area (Å²) in [7, 11) is 1.86. The minimum atomic E-state index is -0.998. The van der Waals surface area contributed by atoms with Crippen molar-refractivity contribution in [1.82, 2.24) is 10.2 Å². The third-order valence-corrected chi connectivity index (χ3v) is 9.47.